The molecule has 2 heteroatoms. The van der Waals surface area contributed by atoms with Gasteiger partial charge in [-0.1, -0.05) is 31.8 Å². The van der Waals surface area contributed by atoms with Crippen LogP contribution in [0, 0.1) is 0 Å². The molecule has 0 atom stereocenters. The van der Waals surface area contributed by atoms with Crippen LogP contribution in [0.5, 0.6) is 0 Å². The first-order chi connectivity index (χ1) is 10.2. The van der Waals surface area contributed by atoms with Gasteiger partial charge in [0.25, 0.3) is 0 Å². The highest BCUT2D eigenvalue weighted by molar-refractivity contribution is 4.87. The van der Waals surface area contributed by atoms with E-state index in [0.717, 1.165) is 0 Å². The topological polar surface area (TPSA) is 6.48 Å². The Morgan fingerprint density at radius 1 is 0.952 bits per heavy atom. The third-order valence-electron chi connectivity index (χ3n) is 4.59. The van der Waals surface area contributed by atoms with Gasteiger partial charge in [-0.05, 0) is 71.6 Å². The molecular weight excluding hydrogens is 256 g/mol. The number of hydrogen-bond acceptors (Lipinski definition) is 2. The summed E-state index contributed by atoms with van der Waals surface area (Å²) in [7, 11) is 0. The molecule has 0 unspecified atom stereocenters. The van der Waals surface area contributed by atoms with Crippen LogP contribution in [0.3, 0.4) is 0 Å². The summed E-state index contributed by atoms with van der Waals surface area (Å²) >= 11 is 0. The van der Waals surface area contributed by atoms with Crippen LogP contribution in [-0.4, -0.2) is 49.1 Å². The smallest absolute Gasteiger partial charge is 0.0109 e. The molecule has 21 heavy (non-hydrogen) atoms. The predicted octanol–water partition coefficient (Wildman–Crippen LogP) is 4.71. The third-order valence-corrected chi connectivity index (χ3v) is 4.59. The lowest BCUT2D eigenvalue weighted by atomic mass is 10.1. The molecule has 1 saturated heterocycles. The average Bonchev–Trinajstić information content (AvgIpc) is 2.96. The fraction of sp³-hybridized carbons (Fsp3) is 0.895. The molecule has 124 valence electrons. The van der Waals surface area contributed by atoms with Gasteiger partial charge >= 0.3 is 0 Å². The lowest BCUT2D eigenvalue weighted by Gasteiger charge is -2.25. The molecule has 0 aromatic heterocycles. The van der Waals surface area contributed by atoms with Crippen LogP contribution < -0.4 is 0 Å². The maximum Gasteiger partial charge on any atom is 0.0109 e. The highest BCUT2D eigenvalue weighted by Gasteiger charge is 2.12. The number of likely N-dealkylation sites (tertiary alicyclic amines) is 1. The molecular formula is C19H38N2. The summed E-state index contributed by atoms with van der Waals surface area (Å²) in [5.41, 5.74) is 1.34. The molecule has 1 aliphatic rings. The number of unbranched alkanes of at least 4 members (excludes halogenated alkanes) is 4. The van der Waals surface area contributed by atoms with Crippen molar-refractivity contribution in [3.05, 3.63) is 12.2 Å². The number of allylic oxidation sites excluding steroid dienone is 1. The number of hydrogen-bond donors (Lipinski definition) is 0. The summed E-state index contributed by atoms with van der Waals surface area (Å²) in [5.74, 6) is 0. The van der Waals surface area contributed by atoms with Crippen LogP contribution in [0.2, 0.25) is 0 Å². The van der Waals surface area contributed by atoms with Gasteiger partial charge in [0.15, 0.2) is 0 Å². The maximum absolute atomic E-state index is 4.00. The second-order valence-electron chi connectivity index (χ2n) is 6.87. The third kappa shape index (κ3) is 10.1. The van der Waals surface area contributed by atoms with Gasteiger partial charge in [-0.2, -0.15) is 0 Å². The molecule has 0 aliphatic carbocycles. The zero-order valence-electron chi connectivity index (χ0n) is 14.7. The molecule has 0 aromatic rings. The Morgan fingerprint density at radius 3 is 2.24 bits per heavy atom. The summed E-state index contributed by atoms with van der Waals surface area (Å²) < 4.78 is 0. The fourth-order valence-electron chi connectivity index (χ4n) is 3.15. The summed E-state index contributed by atoms with van der Waals surface area (Å²) in [6.07, 6.45) is 12.2. The first-order valence-corrected chi connectivity index (χ1v) is 9.31. The van der Waals surface area contributed by atoms with E-state index in [1.807, 2.05) is 0 Å². The molecule has 0 N–H and O–H groups in total. The van der Waals surface area contributed by atoms with E-state index >= 15 is 0 Å². The van der Waals surface area contributed by atoms with Crippen molar-refractivity contribution < 1.29 is 0 Å². The van der Waals surface area contributed by atoms with Gasteiger partial charge in [0.1, 0.15) is 0 Å². The summed E-state index contributed by atoms with van der Waals surface area (Å²) in [5, 5.41) is 0. The van der Waals surface area contributed by atoms with E-state index in [2.05, 4.69) is 30.2 Å². The molecule has 1 aliphatic heterocycles. The lowest BCUT2D eigenvalue weighted by Crippen LogP contribution is -2.35. The van der Waals surface area contributed by atoms with Crippen molar-refractivity contribution in [2.45, 2.75) is 71.6 Å². The van der Waals surface area contributed by atoms with Crippen LogP contribution in [-0.2, 0) is 0 Å². The molecule has 0 radical (unpaired) electrons. The minimum atomic E-state index is 1.21. The Hall–Kier alpha value is -0.340. The molecule has 0 amide bonds. The average molecular weight is 295 g/mol. The van der Waals surface area contributed by atoms with Gasteiger partial charge in [-0.3, -0.25) is 0 Å². The van der Waals surface area contributed by atoms with E-state index < -0.39 is 0 Å². The SMILES string of the molecule is C=C(C)CCCCCN(CCCCC)CCN1CCCC1. The first-order valence-electron chi connectivity index (χ1n) is 9.31. The van der Waals surface area contributed by atoms with Gasteiger partial charge in [0, 0.05) is 13.1 Å². The van der Waals surface area contributed by atoms with Crippen LogP contribution in [0.4, 0.5) is 0 Å². The van der Waals surface area contributed by atoms with Crippen molar-refractivity contribution in [2.75, 3.05) is 39.3 Å². The van der Waals surface area contributed by atoms with Crippen molar-refractivity contribution in [1.82, 2.24) is 9.80 Å². The number of rotatable bonds is 13. The van der Waals surface area contributed by atoms with E-state index in [0.29, 0.717) is 0 Å². The fourth-order valence-corrected chi connectivity index (χ4v) is 3.15. The van der Waals surface area contributed by atoms with Crippen molar-refractivity contribution in [2.24, 2.45) is 0 Å². The second kappa shape index (κ2) is 12.2. The Kier molecular flexibility index (Phi) is 10.9. The van der Waals surface area contributed by atoms with Crippen molar-refractivity contribution in [3.63, 3.8) is 0 Å². The van der Waals surface area contributed by atoms with Gasteiger partial charge < -0.3 is 9.80 Å². The normalized spacial score (nSPS) is 16.0. The minimum absolute atomic E-state index is 1.21. The quantitative estimate of drug-likeness (QED) is 0.358. The van der Waals surface area contributed by atoms with Gasteiger partial charge in [0.2, 0.25) is 0 Å². The Labute approximate surface area is 133 Å². The van der Waals surface area contributed by atoms with Gasteiger partial charge in [-0.15, -0.1) is 6.58 Å². The summed E-state index contributed by atoms with van der Waals surface area (Å²) in [6.45, 7) is 16.3. The van der Waals surface area contributed by atoms with E-state index in [9.17, 15) is 0 Å². The zero-order valence-corrected chi connectivity index (χ0v) is 14.7. The van der Waals surface area contributed by atoms with E-state index in [4.69, 9.17) is 0 Å². The van der Waals surface area contributed by atoms with Crippen LogP contribution >= 0.6 is 0 Å². The van der Waals surface area contributed by atoms with Gasteiger partial charge in [-0.25, -0.2) is 0 Å². The molecule has 0 saturated carbocycles. The standard InChI is InChI=1S/C19H38N2/c1-4-5-8-13-20(14-9-6-7-12-19(2)3)17-18-21-15-10-11-16-21/h2,4-18H2,1,3H3. The Morgan fingerprint density at radius 2 is 1.62 bits per heavy atom. The van der Waals surface area contributed by atoms with Crippen LogP contribution in [0.15, 0.2) is 12.2 Å². The van der Waals surface area contributed by atoms with E-state index in [-0.39, 0.29) is 0 Å². The van der Waals surface area contributed by atoms with Gasteiger partial charge in [0.05, 0.1) is 0 Å². The zero-order chi connectivity index (χ0) is 15.3. The molecule has 1 heterocycles. The monoisotopic (exact) mass is 294 g/mol. The molecule has 1 fully saturated rings. The number of nitrogens with zero attached hydrogens (tertiary/aromatic N) is 2. The van der Waals surface area contributed by atoms with Crippen molar-refractivity contribution >= 4 is 0 Å². The molecule has 0 aromatic carbocycles. The summed E-state index contributed by atoms with van der Waals surface area (Å²) in [4.78, 5) is 5.36. The Balaban J connectivity index is 2.14. The highest BCUT2D eigenvalue weighted by atomic mass is 15.2. The first kappa shape index (κ1) is 18.7. The maximum atomic E-state index is 4.00. The Bertz CT molecular complexity index is 256. The lowest BCUT2D eigenvalue weighted by molar-refractivity contribution is 0.218. The predicted molar refractivity (Wildman–Crippen MR) is 94.9 cm³/mol. The molecule has 0 spiro atoms. The van der Waals surface area contributed by atoms with E-state index in [1.165, 1.54) is 103 Å². The highest BCUT2D eigenvalue weighted by Crippen LogP contribution is 2.10. The molecule has 0 bridgehead atoms. The molecule has 1 rings (SSSR count). The van der Waals surface area contributed by atoms with Crippen molar-refractivity contribution in [1.29, 1.82) is 0 Å². The largest absolute Gasteiger partial charge is 0.302 e. The summed E-state index contributed by atoms with van der Waals surface area (Å²) in [6, 6.07) is 0. The minimum Gasteiger partial charge on any atom is -0.302 e. The van der Waals surface area contributed by atoms with Crippen molar-refractivity contribution in [3.8, 4) is 0 Å². The molecule has 2 nitrogen and oxygen atoms in total. The van der Waals surface area contributed by atoms with E-state index in [1.54, 1.807) is 0 Å². The van der Waals surface area contributed by atoms with Crippen LogP contribution in [0.25, 0.3) is 0 Å². The second-order valence-corrected chi connectivity index (χ2v) is 6.87. The van der Waals surface area contributed by atoms with Crippen LogP contribution in [0.1, 0.15) is 71.6 Å².